The van der Waals surface area contributed by atoms with E-state index in [0.29, 0.717) is 12.4 Å². The number of anilines is 1. The van der Waals surface area contributed by atoms with Crippen LogP contribution in [0, 0.1) is 0 Å². The molecule has 1 N–H and O–H groups in total. The number of nitrogens with one attached hydrogen (secondary N) is 1. The number of carbonyl (C=O) groups excluding carboxylic acids is 1. The van der Waals surface area contributed by atoms with Crippen LogP contribution in [0.1, 0.15) is 30.7 Å². The minimum absolute atomic E-state index is 0.0493. The Hall–Kier alpha value is -1.77. The van der Waals surface area contributed by atoms with Gasteiger partial charge in [0.2, 0.25) is 5.78 Å². The molecule has 0 aromatic heterocycles. The zero-order valence-corrected chi connectivity index (χ0v) is 10.3. The molecule has 0 amide bonds. The Morgan fingerprint density at radius 1 is 1.33 bits per heavy atom. The van der Waals surface area contributed by atoms with Gasteiger partial charge in [0.05, 0.1) is 12.5 Å². The van der Waals surface area contributed by atoms with Gasteiger partial charge in [0, 0.05) is 12.2 Å². The Bertz CT molecular complexity index is 493. The van der Waals surface area contributed by atoms with Gasteiger partial charge in [-0.3, -0.25) is 4.79 Å². The number of hydrogen-bond donors (Lipinski definition) is 1. The van der Waals surface area contributed by atoms with Crippen molar-refractivity contribution in [2.24, 2.45) is 0 Å². The number of carbonyl (C=O) groups is 1. The quantitative estimate of drug-likeness (QED) is 0.868. The number of rotatable bonds is 2. The fourth-order valence-corrected chi connectivity index (χ4v) is 2.64. The van der Waals surface area contributed by atoms with Crippen molar-refractivity contribution in [1.82, 2.24) is 0 Å². The number of allylic oxidation sites excluding steroid dienone is 2. The van der Waals surface area contributed by atoms with Crippen LogP contribution in [0.25, 0.3) is 0 Å². The average Bonchev–Trinajstić information content (AvgIpc) is 2.47. The molecule has 2 aliphatic heterocycles. The fourth-order valence-electron chi connectivity index (χ4n) is 2.64. The summed E-state index contributed by atoms with van der Waals surface area (Å²) in [4.78, 5) is 12.5. The van der Waals surface area contributed by atoms with Gasteiger partial charge in [-0.25, -0.2) is 0 Å². The Morgan fingerprint density at radius 3 is 3.06 bits per heavy atom. The minimum Gasteiger partial charge on any atom is -0.490 e. The highest BCUT2D eigenvalue weighted by molar-refractivity contribution is 6.00. The van der Waals surface area contributed by atoms with Gasteiger partial charge in [-0.15, -0.1) is 0 Å². The molecule has 94 valence electrons. The van der Waals surface area contributed by atoms with Crippen molar-refractivity contribution in [3.8, 4) is 0 Å². The summed E-state index contributed by atoms with van der Waals surface area (Å²) in [6.45, 7) is 1.52. The number of para-hydroxylation sites is 1. The predicted molar refractivity (Wildman–Crippen MR) is 70.6 cm³/mol. The molecule has 0 radical (unpaired) electrons. The zero-order chi connectivity index (χ0) is 12.4. The number of hydrogen-bond acceptors (Lipinski definition) is 3. The Kier molecular flexibility index (Phi) is 3.05. The number of fused-ring (bicyclic) bond motifs is 1. The molecule has 0 aliphatic carbocycles. The minimum atomic E-state index is -0.0493. The number of ether oxygens (including phenoxy) is 1. The molecule has 0 saturated heterocycles. The first-order chi connectivity index (χ1) is 8.86. The third kappa shape index (κ3) is 2.01. The van der Waals surface area contributed by atoms with E-state index in [9.17, 15) is 4.79 Å². The predicted octanol–water partition coefficient (Wildman–Crippen LogP) is 2.85. The van der Waals surface area contributed by atoms with Gasteiger partial charge in [0.25, 0.3) is 0 Å². The highest BCUT2D eigenvalue weighted by atomic mass is 16.5. The monoisotopic (exact) mass is 243 g/mol. The fraction of sp³-hybridized carbons (Fsp3) is 0.400. The summed E-state index contributed by atoms with van der Waals surface area (Å²) in [7, 11) is 0. The van der Waals surface area contributed by atoms with E-state index in [1.54, 1.807) is 0 Å². The molecule has 3 heteroatoms. The summed E-state index contributed by atoms with van der Waals surface area (Å²) in [5.74, 6) is 0.665. The lowest BCUT2D eigenvalue weighted by Crippen LogP contribution is -2.25. The normalized spacial score (nSPS) is 22.2. The third-order valence-electron chi connectivity index (χ3n) is 3.58. The smallest absolute Gasteiger partial charge is 0.204 e. The Labute approximate surface area is 107 Å². The van der Waals surface area contributed by atoms with Crippen LogP contribution in [0.5, 0.6) is 0 Å². The summed E-state index contributed by atoms with van der Waals surface area (Å²) >= 11 is 0. The van der Waals surface area contributed by atoms with Crippen molar-refractivity contribution >= 4 is 11.5 Å². The molecule has 2 heterocycles. The van der Waals surface area contributed by atoms with Gasteiger partial charge >= 0.3 is 0 Å². The van der Waals surface area contributed by atoms with Gasteiger partial charge < -0.3 is 10.1 Å². The van der Waals surface area contributed by atoms with Crippen LogP contribution in [0.3, 0.4) is 0 Å². The van der Waals surface area contributed by atoms with Crippen LogP contribution in [-0.4, -0.2) is 18.9 Å². The van der Waals surface area contributed by atoms with Crippen molar-refractivity contribution in [3.05, 3.63) is 41.7 Å². The van der Waals surface area contributed by atoms with Crippen molar-refractivity contribution in [2.45, 2.75) is 25.2 Å². The second-order valence-corrected chi connectivity index (χ2v) is 4.78. The van der Waals surface area contributed by atoms with Gasteiger partial charge in [-0.1, -0.05) is 18.2 Å². The second kappa shape index (κ2) is 4.84. The number of Topliss-reactive ketones (excluding diaryl/α,β-unsaturated/α-hetero) is 1. The largest absolute Gasteiger partial charge is 0.490 e. The summed E-state index contributed by atoms with van der Waals surface area (Å²) in [5.41, 5.74) is 2.18. The molecule has 3 nitrogen and oxygen atoms in total. The summed E-state index contributed by atoms with van der Waals surface area (Å²) in [6.07, 6.45) is 4.75. The summed E-state index contributed by atoms with van der Waals surface area (Å²) in [5, 5.41) is 3.34. The van der Waals surface area contributed by atoms with E-state index < -0.39 is 0 Å². The molecular weight excluding hydrogens is 226 g/mol. The van der Waals surface area contributed by atoms with Crippen molar-refractivity contribution < 1.29 is 9.53 Å². The van der Waals surface area contributed by atoms with Crippen LogP contribution in [0.2, 0.25) is 0 Å². The van der Waals surface area contributed by atoms with E-state index in [1.165, 1.54) is 0 Å². The Balaban J connectivity index is 1.89. The lowest BCUT2D eigenvalue weighted by Gasteiger charge is -2.27. The standard InChI is InChI=1S/C15H17NO2/c17-15(14-7-3-4-10-18-14)12-8-9-16-13-6-2-1-5-11(12)13/h1-2,5-7,12,16H,3-4,8-10H2. The maximum atomic E-state index is 12.5. The maximum absolute atomic E-state index is 12.5. The molecule has 0 spiro atoms. The lowest BCUT2D eigenvalue weighted by molar-refractivity contribution is -0.120. The maximum Gasteiger partial charge on any atom is 0.204 e. The number of benzene rings is 1. The molecule has 2 aliphatic rings. The van der Waals surface area contributed by atoms with Gasteiger partial charge in [-0.05, 0) is 37.0 Å². The van der Waals surface area contributed by atoms with Crippen LogP contribution in [0.4, 0.5) is 5.69 Å². The molecular formula is C15H17NO2. The molecule has 0 bridgehead atoms. The third-order valence-corrected chi connectivity index (χ3v) is 3.58. The summed E-state index contributed by atoms with van der Waals surface area (Å²) < 4.78 is 5.50. The van der Waals surface area contributed by atoms with E-state index in [4.69, 9.17) is 4.74 Å². The molecule has 1 aromatic carbocycles. The van der Waals surface area contributed by atoms with E-state index >= 15 is 0 Å². The first-order valence-electron chi connectivity index (χ1n) is 6.56. The topological polar surface area (TPSA) is 38.3 Å². The average molecular weight is 243 g/mol. The molecule has 1 aromatic rings. The van der Waals surface area contributed by atoms with Crippen molar-refractivity contribution in [1.29, 1.82) is 0 Å². The highest BCUT2D eigenvalue weighted by Gasteiger charge is 2.29. The lowest BCUT2D eigenvalue weighted by atomic mass is 9.86. The zero-order valence-electron chi connectivity index (χ0n) is 10.3. The molecule has 0 fully saturated rings. The molecule has 1 unspecified atom stereocenters. The molecule has 3 rings (SSSR count). The SMILES string of the molecule is O=C(C1=CCCCO1)C1CCNc2ccccc21. The highest BCUT2D eigenvalue weighted by Crippen LogP contribution is 2.34. The second-order valence-electron chi connectivity index (χ2n) is 4.78. The van der Waals surface area contributed by atoms with Gasteiger partial charge in [0.15, 0.2) is 5.76 Å². The van der Waals surface area contributed by atoms with Crippen molar-refractivity contribution in [2.75, 3.05) is 18.5 Å². The van der Waals surface area contributed by atoms with E-state index in [2.05, 4.69) is 5.32 Å². The van der Waals surface area contributed by atoms with Gasteiger partial charge in [0.1, 0.15) is 0 Å². The molecule has 0 saturated carbocycles. The van der Waals surface area contributed by atoms with Crippen LogP contribution >= 0.6 is 0 Å². The van der Waals surface area contributed by atoms with E-state index in [-0.39, 0.29) is 11.7 Å². The van der Waals surface area contributed by atoms with Crippen molar-refractivity contribution in [3.63, 3.8) is 0 Å². The van der Waals surface area contributed by atoms with Gasteiger partial charge in [-0.2, -0.15) is 0 Å². The molecule has 18 heavy (non-hydrogen) atoms. The van der Waals surface area contributed by atoms with E-state index in [0.717, 1.165) is 37.1 Å². The van der Waals surface area contributed by atoms with Crippen LogP contribution in [0.15, 0.2) is 36.1 Å². The first-order valence-corrected chi connectivity index (χ1v) is 6.56. The summed E-state index contributed by atoms with van der Waals surface area (Å²) in [6, 6.07) is 8.05. The molecule has 1 atom stereocenters. The Morgan fingerprint density at radius 2 is 2.22 bits per heavy atom. The first kappa shape index (κ1) is 11.3. The van der Waals surface area contributed by atoms with E-state index in [1.807, 2.05) is 30.3 Å². The van der Waals surface area contributed by atoms with Crippen LogP contribution in [-0.2, 0) is 9.53 Å². The number of ketones is 1. The van der Waals surface area contributed by atoms with Crippen LogP contribution < -0.4 is 5.32 Å².